The fourth-order valence-corrected chi connectivity index (χ4v) is 3.96. The summed E-state index contributed by atoms with van der Waals surface area (Å²) in [6.07, 6.45) is 3.60. The summed E-state index contributed by atoms with van der Waals surface area (Å²) < 4.78 is 2.15. The van der Waals surface area contributed by atoms with E-state index >= 15 is 0 Å². The number of aromatic nitrogens is 4. The van der Waals surface area contributed by atoms with Gasteiger partial charge in [-0.3, -0.25) is 4.98 Å². The highest BCUT2D eigenvalue weighted by atomic mass is 32.2. The molecule has 124 valence electrons. The maximum absolute atomic E-state index is 4.41. The Bertz CT molecular complexity index is 990. The standard InChI is InChI=1S/C20H18N4S/c1-2-24-19(16-10-6-12-21-13-16)22-23-20(24)25-14-17-9-5-8-15-7-3-4-11-18(15)17/h3-13H,2,14H2,1H3. The first-order valence-corrected chi connectivity index (χ1v) is 9.28. The highest BCUT2D eigenvalue weighted by Gasteiger charge is 2.13. The monoisotopic (exact) mass is 346 g/mol. The molecular weight excluding hydrogens is 328 g/mol. The minimum absolute atomic E-state index is 0.828. The first kappa shape index (κ1) is 15.8. The number of pyridine rings is 1. The van der Waals surface area contributed by atoms with Gasteiger partial charge in [-0.05, 0) is 35.4 Å². The molecule has 0 saturated heterocycles. The molecule has 0 bridgehead atoms. The molecule has 0 aliphatic rings. The molecule has 0 aliphatic carbocycles. The third-order valence-electron chi connectivity index (χ3n) is 4.19. The van der Waals surface area contributed by atoms with Crippen molar-refractivity contribution in [2.75, 3.05) is 0 Å². The summed E-state index contributed by atoms with van der Waals surface area (Å²) in [6, 6.07) is 18.9. The maximum Gasteiger partial charge on any atom is 0.191 e. The van der Waals surface area contributed by atoms with Crippen molar-refractivity contribution < 1.29 is 0 Å². The molecular formula is C20H18N4S. The van der Waals surface area contributed by atoms with Gasteiger partial charge in [0.25, 0.3) is 0 Å². The molecule has 2 aromatic carbocycles. The van der Waals surface area contributed by atoms with E-state index in [2.05, 4.69) is 69.1 Å². The highest BCUT2D eigenvalue weighted by Crippen LogP contribution is 2.28. The molecule has 0 aliphatic heterocycles. The van der Waals surface area contributed by atoms with Crippen molar-refractivity contribution in [2.45, 2.75) is 24.4 Å². The van der Waals surface area contributed by atoms with Gasteiger partial charge in [-0.1, -0.05) is 54.2 Å². The lowest BCUT2D eigenvalue weighted by atomic mass is 10.1. The maximum atomic E-state index is 4.41. The molecule has 0 amide bonds. The quantitative estimate of drug-likeness (QED) is 0.487. The fourth-order valence-electron chi connectivity index (χ4n) is 2.95. The van der Waals surface area contributed by atoms with Crippen LogP contribution in [-0.2, 0) is 12.3 Å². The predicted octanol–water partition coefficient (Wildman–Crippen LogP) is 4.81. The van der Waals surface area contributed by atoms with E-state index < -0.39 is 0 Å². The van der Waals surface area contributed by atoms with E-state index in [4.69, 9.17) is 0 Å². The molecule has 0 radical (unpaired) electrons. The summed E-state index contributed by atoms with van der Waals surface area (Å²) in [6.45, 7) is 2.94. The van der Waals surface area contributed by atoms with Crippen LogP contribution in [-0.4, -0.2) is 19.7 Å². The fraction of sp³-hybridized carbons (Fsp3) is 0.150. The summed E-state index contributed by atoms with van der Waals surface area (Å²) in [4.78, 5) is 4.19. The second-order valence-electron chi connectivity index (χ2n) is 5.72. The van der Waals surface area contributed by atoms with Crippen molar-refractivity contribution in [3.05, 3.63) is 72.6 Å². The zero-order chi connectivity index (χ0) is 17.1. The number of nitrogens with zero attached hydrogens (tertiary/aromatic N) is 4. The molecule has 0 unspecified atom stereocenters. The molecule has 0 N–H and O–H groups in total. The first-order valence-electron chi connectivity index (χ1n) is 8.30. The molecule has 0 saturated carbocycles. The summed E-state index contributed by atoms with van der Waals surface area (Å²) in [5, 5.41) is 12.3. The molecule has 0 spiro atoms. The molecule has 0 atom stereocenters. The van der Waals surface area contributed by atoms with E-state index in [1.54, 1.807) is 18.0 Å². The van der Waals surface area contributed by atoms with Gasteiger partial charge in [-0.2, -0.15) is 0 Å². The van der Waals surface area contributed by atoms with Crippen LogP contribution in [0.25, 0.3) is 22.2 Å². The minimum Gasteiger partial charge on any atom is -0.302 e. The van der Waals surface area contributed by atoms with E-state index in [0.29, 0.717) is 0 Å². The molecule has 25 heavy (non-hydrogen) atoms. The second-order valence-corrected chi connectivity index (χ2v) is 6.66. The summed E-state index contributed by atoms with van der Waals surface area (Å²) in [7, 11) is 0. The molecule has 2 heterocycles. The summed E-state index contributed by atoms with van der Waals surface area (Å²) >= 11 is 1.72. The molecule has 4 nitrogen and oxygen atoms in total. The van der Waals surface area contributed by atoms with Crippen LogP contribution in [0.5, 0.6) is 0 Å². The Kier molecular flexibility index (Phi) is 4.48. The molecule has 2 aromatic heterocycles. The lowest BCUT2D eigenvalue weighted by Crippen LogP contribution is -2.00. The Morgan fingerprint density at radius 1 is 0.960 bits per heavy atom. The second kappa shape index (κ2) is 7.07. The topological polar surface area (TPSA) is 43.6 Å². The molecule has 4 aromatic rings. The average molecular weight is 346 g/mol. The predicted molar refractivity (Wildman–Crippen MR) is 102 cm³/mol. The Labute approximate surface area is 150 Å². The number of hydrogen-bond donors (Lipinski definition) is 0. The largest absolute Gasteiger partial charge is 0.302 e. The van der Waals surface area contributed by atoms with Crippen LogP contribution in [0.2, 0.25) is 0 Å². The summed E-state index contributed by atoms with van der Waals surface area (Å²) in [5.74, 6) is 1.74. The zero-order valence-corrected chi connectivity index (χ0v) is 14.8. The lowest BCUT2D eigenvalue weighted by molar-refractivity contribution is 0.687. The number of thioether (sulfide) groups is 1. The Morgan fingerprint density at radius 2 is 1.84 bits per heavy atom. The smallest absolute Gasteiger partial charge is 0.191 e. The normalized spacial score (nSPS) is 11.1. The van der Waals surface area contributed by atoms with E-state index in [-0.39, 0.29) is 0 Å². The number of benzene rings is 2. The van der Waals surface area contributed by atoms with Crippen molar-refractivity contribution in [3.8, 4) is 11.4 Å². The van der Waals surface area contributed by atoms with Crippen LogP contribution in [0.1, 0.15) is 12.5 Å². The van der Waals surface area contributed by atoms with Gasteiger partial charge in [0.05, 0.1) is 0 Å². The van der Waals surface area contributed by atoms with Gasteiger partial charge in [-0.25, -0.2) is 0 Å². The van der Waals surface area contributed by atoms with Crippen LogP contribution in [0.3, 0.4) is 0 Å². The van der Waals surface area contributed by atoms with E-state index in [9.17, 15) is 0 Å². The van der Waals surface area contributed by atoms with Gasteiger partial charge in [0, 0.05) is 30.3 Å². The molecule has 5 heteroatoms. The average Bonchev–Trinajstić information content (AvgIpc) is 3.10. The van der Waals surface area contributed by atoms with Crippen molar-refractivity contribution in [3.63, 3.8) is 0 Å². The minimum atomic E-state index is 0.828. The zero-order valence-electron chi connectivity index (χ0n) is 14.0. The van der Waals surface area contributed by atoms with Gasteiger partial charge in [0.2, 0.25) is 0 Å². The number of fused-ring (bicyclic) bond motifs is 1. The van der Waals surface area contributed by atoms with Crippen molar-refractivity contribution >= 4 is 22.5 Å². The van der Waals surface area contributed by atoms with Gasteiger partial charge in [-0.15, -0.1) is 10.2 Å². The van der Waals surface area contributed by atoms with E-state index in [1.165, 1.54) is 16.3 Å². The van der Waals surface area contributed by atoms with Crippen molar-refractivity contribution in [1.82, 2.24) is 19.7 Å². The van der Waals surface area contributed by atoms with Crippen LogP contribution in [0.4, 0.5) is 0 Å². The van der Waals surface area contributed by atoms with Crippen LogP contribution >= 0.6 is 11.8 Å². The third kappa shape index (κ3) is 3.15. The van der Waals surface area contributed by atoms with Crippen LogP contribution < -0.4 is 0 Å². The van der Waals surface area contributed by atoms with E-state index in [0.717, 1.165) is 28.8 Å². The van der Waals surface area contributed by atoms with Gasteiger partial charge >= 0.3 is 0 Å². The summed E-state index contributed by atoms with van der Waals surface area (Å²) in [5.41, 5.74) is 2.31. The Hall–Kier alpha value is -2.66. The highest BCUT2D eigenvalue weighted by molar-refractivity contribution is 7.98. The SMILES string of the molecule is CCn1c(SCc2cccc3ccccc23)nnc1-c1cccnc1. The lowest BCUT2D eigenvalue weighted by Gasteiger charge is -2.08. The number of hydrogen-bond acceptors (Lipinski definition) is 4. The van der Waals surface area contributed by atoms with Crippen molar-refractivity contribution in [1.29, 1.82) is 0 Å². The van der Waals surface area contributed by atoms with Gasteiger partial charge in [0.15, 0.2) is 11.0 Å². The Balaban J connectivity index is 1.62. The first-order chi connectivity index (χ1) is 12.4. The van der Waals surface area contributed by atoms with Gasteiger partial charge < -0.3 is 4.57 Å². The van der Waals surface area contributed by atoms with Crippen molar-refractivity contribution in [2.24, 2.45) is 0 Å². The molecule has 4 rings (SSSR count). The number of rotatable bonds is 5. The van der Waals surface area contributed by atoms with Crippen LogP contribution in [0.15, 0.2) is 72.1 Å². The van der Waals surface area contributed by atoms with Crippen LogP contribution in [0, 0.1) is 0 Å². The third-order valence-corrected chi connectivity index (χ3v) is 5.21. The Morgan fingerprint density at radius 3 is 2.68 bits per heavy atom. The van der Waals surface area contributed by atoms with Gasteiger partial charge in [0.1, 0.15) is 0 Å². The van der Waals surface area contributed by atoms with E-state index in [1.807, 2.05) is 18.3 Å². The molecule has 0 fully saturated rings.